The highest BCUT2D eigenvalue weighted by Crippen LogP contribution is 2.23. The van der Waals surface area contributed by atoms with Gasteiger partial charge in [0.15, 0.2) is 17.5 Å². The van der Waals surface area contributed by atoms with E-state index in [0.717, 1.165) is 0 Å². The maximum atomic E-state index is 14.3. The van der Waals surface area contributed by atoms with Crippen LogP contribution in [0, 0.1) is 5.82 Å². The van der Waals surface area contributed by atoms with Gasteiger partial charge in [-0.1, -0.05) is 0 Å². The molecule has 3 heterocycles. The molecule has 0 radical (unpaired) electrons. The number of carbonyl (C=O) groups excluding carboxylic acids is 1. The number of hydrogen-bond donors (Lipinski definition) is 0. The molecule has 0 bridgehead atoms. The number of carbonyl (C=O) groups is 1. The van der Waals surface area contributed by atoms with Gasteiger partial charge in [-0.15, -0.1) is 0 Å². The summed E-state index contributed by atoms with van der Waals surface area (Å²) in [5.74, 6) is 0.426. The highest BCUT2D eigenvalue weighted by Gasteiger charge is 2.27. The standard InChI is InChI=1S/C17H23FN6O2/c1-17(2,3)26-16(25)24-9-7-23(8-10-24)14-12(18)5-6-13(21-14)15-19-11-20-22(15)4/h5-6,11H,7-10H2,1-4H3. The molecule has 2 aromatic rings. The first-order valence-corrected chi connectivity index (χ1v) is 8.48. The Morgan fingerprint density at radius 1 is 1.19 bits per heavy atom. The van der Waals surface area contributed by atoms with Crippen LogP contribution in [0.25, 0.3) is 11.5 Å². The fourth-order valence-electron chi connectivity index (χ4n) is 2.73. The van der Waals surface area contributed by atoms with Gasteiger partial charge in [0.05, 0.1) is 0 Å². The number of anilines is 1. The van der Waals surface area contributed by atoms with Crippen LogP contribution in [-0.2, 0) is 11.8 Å². The highest BCUT2D eigenvalue weighted by molar-refractivity contribution is 5.68. The van der Waals surface area contributed by atoms with Crippen molar-refractivity contribution in [2.45, 2.75) is 26.4 Å². The van der Waals surface area contributed by atoms with Gasteiger partial charge in [-0.05, 0) is 32.9 Å². The van der Waals surface area contributed by atoms with E-state index >= 15 is 0 Å². The number of aryl methyl sites for hydroxylation is 1. The molecule has 8 nitrogen and oxygen atoms in total. The lowest BCUT2D eigenvalue weighted by Gasteiger charge is -2.36. The Bertz CT molecular complexity index is 793. The predicted molar refractivity (Wildman–Crippen MR) is 94.2 cm³/mol. The normalized spacial score (nSPS) is 15.3. The lowest BCUT2D eigenvalue weighted by molar-refractivity contribution is 0.0240. The molecule has 1 saturated heterocycles. The molecule has 26 heavy (non-hydrogen) atoms. The number of amides is 1. The van der Waals surface area contributed by atoms with E-state index in [1.165, 1.54) is 12.4 Å². The zero-order valence-corrected chi connectivity index (χ0v) is 15.4. The van der Waals surface area contributed by atoms with Gasteiger partial charge in [-0.3, -0.25) is 0 Å². The lowest BCUT2D eigenvalue weighted by Crippen LogP contribution is -2.50. The Morgan fingerprint density at radius 3 is 2.46 bits per heavy atom. The summed E-state index contributed by atoms with van der Waals surface area (Å²) in [6.07, 6.45) is 1.08. The monoisotopic (exact) mass is 362 g/mol. The van der Waals surface area contributed by atoms with Crippen molar-refractivity contribution in [1.82, 2.24) is 24.6 Å². The smallest absolute Gasteiger partial charge is 0.410 e. The van der Waals surface area contributed by atoms with Crippen molar-refractivity contribution in [3.63, 3.8) is 0 Å². The van der Waals surface area contributed by atoms with Gasteiger partial charge in [0, 0.05) is 33.2 Å². The molecule has 1 amide bonds. The number of aromatic nitrogens is 4. The van der Waals surface area contributed by atoms with Crippen LogP contribution in [0.15, 0.2) is 18.5 Å². The Labute approximate surface area is 151 Å². The fourth-order valence-corrected chi connectivity index (χ4v) is 2.73. The van der Waals surface area contributed by atoms with Crippen molar-refractivity contribution in [3.05, 3.63) is 24.3 Å². The van der Waals surface area contributed by atoms with E-state index in [4.69, 9.17) is 4.74 Å². The van der Waals surface area contributed by atoms with Crippen molar-refractivity contribution in [1.29, 1.82) is 0 Å². The molecule has 0 aliphatic carbocycles. The average Bonchev–Trinajstić information content (AvgIpc) is 3.00. The SMILES string of the molecule is Cn1ncnc1-c1ccc(F)c(N2CCN(C(=O)OC(C)(C)C)CC2)n1. The van der Waals surface area contributed by atoms with E-state index in [0.29, 0.717) is 37.7 Å². The van der Waals surface area contributed by atoms with Crippen molar-refractivity contribution < 1.29 is 13.9 Å². The van der Waals surface area contributed by atoms with Crippen LogP contribution < -0.4 is 4.90 Å². The molecule has 140 valence electrons. The predicted octanol–water partition coefficient (Wildman–Crippen LogP) is 2.07. The van der Waals surface area contributed by atoms with Crippen LogP contribution in [0.4, 0.5) is 15.0 Å². The first-order chi connectivity index (χ1) is 12.2. The van der Waals surface area contributed by atoms with Crippen LogP contribution in [0.1, 0.15) is 20.8 Å². The second kappa shape index (κ2) is 6.89. The number of nitrogens with zero attached hydrogens (tertiary/aromatic N) is 6. The Hall–Kier alpha value is -2.71. The molecule has 0 N–H and O–H groups in total. The summed E-state index contributed by atoms with van der Waals surface area (Å²) < 4.78 is 21.3. The number of piperazine rings is 1. The summed E-state index contributed by atoms with van der Waals surface area (Å²) in [6, 6.07) is 2.96. The lowest BCUT2D eigenvalue weighted by atomic mass is 10.2. The Balaban J connectivity index is 1.72. The molecule has 0 unspecified atom stereocenters. The van der Waals surface area contributed by atoms with Gasteiger partial charge in [0.1, 0.15) is 17.6 Å². The third kappa shape index (κ3) is 3.92. The van der Waals surface area contributed by atoms with E-state index in [1.54, 1.807) is 22.7 Å². The summed E-state index contributed by atoms with van der Waals surface area (Å²) >= 11 is 0. The largest absolute Gasteiger partial charge is 0.444 e. The number of pyridine rings is 1. The summed E-state index contributed by atoms with van der Waals surface area (Å²) in [5, 5.41) is 4.02. The first kappa shape index (κ1) is 18.1. The third-order valence-corrected chi connectivity index (χ3v) is 4.00. The molecule has 1 aliphatic rings. The zero-order valence-electron chi connectivity index (χ0n) is 15.4. The fraction of sp³-hybridized carbons (Fsp3) is 0.529. The minimum Gasteiger partial charge on any atom is -0.444 e. The minimum absolute atomic E-state index is 0.259. The maximum Gasteiger partial charge on any atom is 0.410 e. The number of ether oxygens (including phenoxy) is 1. The zero-order chi connectivity index (χ0) is 18.9. The first-order valence-electron chi connectivity index (χ1n) is 8.48. The molecule has 0 spiro atoms. The molecule has 1 fully saturated rings. The molecule has 9 heteroatoms. The Kier molecular flexibility index (Phi) is 4.80. The molecule has 1 aliphatic heterocycles. The highest BCUT2D eigenvalue weighted by atomic mass is 19.1. The maximum absolute atomic E-state index is 14.3. The van der Waals surface area contributed by atoms with E-state index < -0.39 is 11.4 Å². The van der Waals surface area contributed by atoms with Gasteiger partial charge >= 0.3 is 6.09 Å². The van der Waals surface area contributed by atoms with Crippen LogP contribution >= 0.6 is 0 Å². The van der Waals surface area contributed by atoms with Gasteiger partial charge in [0.25, 0.3) is 0 Å². The molecule has 0 saturated carbocycles. The van der Waals surface area contributed by atoms with Gasteiger partial charge in [-0.25, -0.2) is 23.8 Å². The van der Waals surface area contributed by atoms with E-state index in [-0.39, 0.29) is 11.9 Å². The molecular weight excluding hydrogens is 339 g/mol. The van der Waals surface area contributed by atoms with Crippen molar-refractivity contribution in [2.24, 2.45) is 7.05 Å². The van der Waals surface area contributed by atoms with Crippen LogP contribution in [0.5, 0.6) is 0 Å². The molecule has 3 rings (SSSR count). The summed E-state index contributed by atoms with van der Waals surface area (Å²) in [7, 11) is 1.76. The van der Waals surface area contributed by atoms with Gasteiger partial charge < -0.3 is 14.5 Å². The van der Waals surface area contributed by atoms with Gasteiger partial charge in [-0.2, -0.15) is 5.10 Å². The van der Waals surface area contributed by atoms with Crippen LogP contribution in [0.3, 0.4) is 0 Å². The summed E-state index contributed by atoms with van der Waals surface area (Å²) in [4.78, 5) is 24.2. The topological polar surface area (TPSA) is 76.4 Å². The average molecular weight is 362 g/mol. The third-order valence-electron chi connectivity index (χ3n) is 4.00. The molecule has 2 aromatic heterocycles. The number of halogens is 1. The second-order valence-corrected chi connectivity index (χ2v) is 7.16. The molecule has 0 aromatic carbocycles. The van der Waals surface area contributed by atoms with Crippen LogP contribution in [0.2, 0.25) is 0 Å². The number of hydrogen-bond acceptors (Lipinski definition) is 6. The Morgan fingerprint density at radius 2 is 1.88 bits per heavy atom. The summed E-state index contributed by atoms with van der Waals surface area (Å²) in [5.41, 5.74) is 0.0164. The van der Waals surface area contributed by atoms with Crippen LogP contribution in [-0.4, -0.2) is 62.5 Å². The van der Waals surface area contributed by atoms with E-state index in [2.05, 4.69) is 15.1 Å². The second-order valence-electron chi connectivity index (χ2n) is 7.16. The number of rotatable bonds is 2. The van der Waals surface area contributed by atoms with Gasteiger partial charge in [0.2, 0.25) is 0 Å². The van der Waals surface area contributed by atoms with Crippen molar-refractivity contribution >= 4 is 11.9 Å². The molecular formula is C17H23FN6O2. The minimum atomic E-state index is -0.535. The van der Waals surface area contributed by atoms with E-state index in [1.807, 2.05) is 25.7 Å². The quantitative estimate of drug-likeness (QED) is 0.814. The molecule has 0 atom stereocenters. The van der Waals surface area contributed by atoms with Crippen molar-refractivity contribution in [2.75, 3.05) is 31.1 Å². The van der Waals surface area contributed by atoms with E-state index in [9.17, 15) is 9.18 Å². The van der Waals surface area contributed by atoms with Crippen molar-refractivity contribution in [3.8, 4) is 11.5 Å². The summed E-state index contributed by atoms with van der Waals surface area (Å²) in [6.45, 7) is 7.35.